The molecule has 0 fully saturated rings. The average molecular weight is 207 g/mol. The summed E-state index contributed by atoms with van der Waals surface area (Å²) in [7, 11) is 0. The number of rotatable bonds is 1. The van der Waals surface area contributed by atoms with Crippen LogP contribution in [0.4, 0.5) is 8.78 Å². The van der Waals surface area contributed by atoms with Gasteiger partial charge in [-0.05, 0) is 24.6 Å². The highest BCUT2D eigenvalue weighted by Crippen LogP contribution is 2.27. The molecule has 0 spiro atoms. The standard InChI is InChI=1S/C10H7F2N3/c1-5-2-8-7(3-6(5)4-13)9(10(11)12)15-14-8/h2-3,10H,1H3,(H,14,15). The van der Waals surface area contributed by atoms with E-state index in [1.807, 2.05) is 6.07 Å². The molecule has 2 aromatic rings. The Morgan fingerprint density at radius 2 is 2.20 bits per heavy atom. The highest BCUT2D eigenvalue weighted by atomic mass is 19.3. The van der Waals surface area contributed by atoms with Gasteiger partial charge >= 0.3 is 0 Å². The minimum atomic E-state index is -2.61. The molecule has 0 radical (unpaired) electrons. The normalized spacial score (nSPS) is 10.9. The molecule has 0 atom stereocenters. The summed E-state index contributed by atoms with van der Waals surface area (Å²) in [5.41, 5.74) is 1.35. The number of aryl methyl sites for hydroxylation is 1. The summed E-state index contributed by atoms with van der Waals surface area (Å²) in [4.78, 5) is 0. The Morgan fingerprint density at radius 3 is 2.80 bits per heavy atom. The molecule has 1 aromatic heterocycles. The van der Waals surface area contributed by atoms with Gasteiger partial charge in [-0.25, -0.2) is 8.78 Å². The van der Waals surface area contributed by atoms with Crippen LogP contribution in [-0.2, 0) is 0 Å². The minimum Gasteiger partial charge on any atom is -0.276 e. The van der Waals surface area contributed by atoms with Crippen LogP contribution in [0.15, 0.2) is 12.1 Å². The van der Waals surface area contributed by atoms with Gasteiger partial charge in [0, 0.05) is 5.39 Å². The van der Waals surface area contributed by atoms with Crippen molar-refractivity contribution in [2.45, 2.75) is 13.3 Å². The van der Waals surface area contributed by atoms with Gasteiger partial charge in [0.05, 0.1) is 17.1 Å². The number of alkyl halides is 2. The number of hydrogen-bond acceptors (Lipinski definition) is 2. The lowest BCUT2D eigenvalue weighted by molar-refractivity contribution is 0.147. The smallest absolute Gasteiger partial charge is 0.276 e. The monoisotopic (exact) mass is 207 g/mol. The highest BCUT2D eigenvalue weighted by molar-refractivity contribution is 5.84. The molecule has 0 aliphatic rings. The molecular formula is C10H7F2N3. The molecule has 76 valence electrons. The molecule has 0 saturated carbocycles. The second-order valence-electron chi connectivity index (χ2n) is 3.23. The molecule has 1 aromatic carbocycles. The number of hydrogen-bond donors (Lipinski definition) is 1. The van der Waals surface area contributed by atoms with Crippen molar-refractivity contribution >= 4 is 10.9 Å². The molecule has 5 heteroatoms. The lowest BCUT2D eigenvalue weighted by Gasteiger charge is -1.98. The van der Waals surface area contributed by atoms with Gasteiger partial charge < -0.3 is 0 Å². The van der Waals surface area contributed by atoms with Crippen LogP contribution in [0.2, 0.25) is 0 Å². The molecule has 0 aliphatic heterocycles. The third-order valence-electron chi connectivity index (χ3n) is 2.27. The SMILES string of the molecule is Cc1cc2n[nH]c(C(F)F)c2cc1C#N. The van der Waals surface area contributed by atoms with Crippen LogP contribution >= 0.6 is 0 Å². The summed E-state index contributed by atoms with van der Waals surface area (Å²) in [5.74, 6) is 0. The van der Waals surface area contributed by atoms with Crippen molar-refractivity contribution < 1.29 is 8.78 Å². The number of fused-ring (bicyclic) bond motifs is 1. The largest absolute Gasteiger partial charge is 0.280 e. The Labute approximate surface area is 84.3 Å². The fourth-order valence-electron chi connectivity index (χ4n) is 1.47. The second kappa shape index (κ2) is 3.31. The maximum absolute atomic E-state index is 12.5. The van der Waals surface area contributed by atoms with E-state index >= 15 is 0 Å². The quantitative estimate of drug-likeness (QED) is 0.781. The number of aromatic nitrogens is 2. The van der Waals surface area contributed by atoms with Crippen LogP contribution in [0, 0.1) is 18.3 Å². The first-order chi connectivity index (χ1) is 7.13. The lowest BCUT2D eigenvalue weighted by atomic mass is 10.1. The summed E-state index contributed by atoms with van der Waals surface area (Å²) < 4.78 is 25.0. The molecule has 1 N–H and O–H groups in total. The number of H-pyrrole nitrogens is 1. The van der Waals surface area contributed by atoms with Gasteiger partial charge in [-0.15, -0.1) is 0 Å². The zero-order chi connectivity index (χ0) is 11.0. The van der Waals surface area contributed by atoms with Crippen LogP contribution in [0.25, 0.3) is 10.9 Å². The topological polar surface area (TPSA) is 52.5 Å². The van der Waals surface area contributed by atoms with Gasteiger partial charge in [-0.2, -0.15) is 10.4 Å². The van der Waals surface area contributed by atoms with E-state index < -0.39 is 6.43 Å². The van der Waals surface area contributed by atoms with Gasteiger partial charge in [0.15, 0.2) is 0 Å². The van der Waals surface area contributed by atoms with Crippen LogP contribution < -0.4 is 0 Å². The molecule has 0 saturated heterocycles. The second-order valence-corrected chi connectivity index (χ2v) is 3.23. The minimum absolute atomic E-state index is 0.235. The zero-order valence-corrected chi connectivity index (χ0v) is 7.88. The Balaban J connectivity index is 2.76. The fraction of sp³-hybridized carbons (Fsp3) is 0.200. The van der Waals surface area contributed by atoms with E-state index in [-0.39, 0.29) is 5.69 Å². The molecule has 2 rings (SSSR count). The van der Waals surface area contributed by atoms with E-state index in [2.05, 4.69) is 10.2 Å². The van der Waals surface area contributed by atoms with E-state index in [4.69, 9.17) is 5.26 Å². The molecule has 3 nitrogen and oxygen atoms in total. The maximum Gasteiger partial charge on any atom is 0.280 e. The van der Waals surface area contributed by atoms with Gasteiger partial charge in [-0.1, -0.05) is 0 Å². The summed E-state index contributed by atoms with van der Waals surface area (Å²) >= 11 is 0. The maximum atomic E-state index is 12.5. The van der Waals surface area contributed by atoms with Gasteiger partial charge in [-0.3, -0.25) is 5.10 Å². The number of aromatic amines is 1. The molecule has 0 aliphatic carbocycles. The third-order valence-corrected chi connectivity index (χ3v) is 2.27. The number of nitriles is 1. The van der Waals surface area contributed by atoms with Gasteiger partial charge in [0.1, 0.15) is 5.69 Å². The predicted octanol–water partition coefficient (Wildman–Crippen LogP) is 2.68. The van der Waals surface area contributed by atoms with Crippen LogP contribution in [0.3, 0.4) is 0 Å². The first-order valence-corrected chi connectivity index (χ1v) is 4.30. The Morgan fingerprint density at radius 1 is 1.47 bits per heavy atom. The summed E-state index contributed by atoms with van der Waals surface area (Å²) in [6, 6.07) is 5.02. The number of halogens is 2. The van der Waals surface area contributed by atoms with Crippen molar-refractivity contribution in [1.82, 2.24) is 10.2 Å². The number of benzene rings is 1. The van der Waals surface area contributed by atoms with E-state index in [9.17, 15) is 8.78 Å². The van der Waals surface area contributed by atoms with Crippen LogP contribution in [-0.4, -0.2) is 10.2 Å². The molecule has 15 heavy (non-hydrogen) atoms. The van der Waals surface area contributed by atoms with Crippen molar-refractivity contribution in [3.63, 3.8) is 0 Å². The molecule has 0 amide bonds. The van der Waals surface area contributed by atoms with E-state index in [1.54, 1.807) is 13.0 Å². The molecule has 1 heterocycles. The van der Waals surface area contributed by atoms with Crippen molar-refractivity contribution in [3.05, 3.63) is 29.0 Å². The van der Waals surface area contributed by atoms with Crippen molar-refractivity contribution in [3.8, 4) is 6.07 Å². The Hall–Kier alpha value is -1.96. The number of nitrogens with zero attached hydrogens (tertiary/aromatic N) is 2. The van der Waals surface area contributed by atoms with Crippen molar-refractivity contribution in [1.29, 1.82) is 5.26 Å². The van der Waals surface area contributed by atoms with Crippen LogP contribution in [0.1, 0.15) is 23.2 Å². The first kappa shape index (κ1) is 9.59. The fourth-order valence-corrected chi connectivity index (χ4v) is 1.47. The van der Waals surface area contributed by atoms with Crippen molar-refractivity contribution in [2.75, 3.05) is 0 Å². The molecular weight excluding hydrogens is 200 g/mol. The van der Waals surface area contributed by atoms with Crippen molar-refractivity contribution in [2.24, 2.45) is 0 Å². The summed E-state index contributed by atoms with van der Waals surface area (Å²) in [5, 5.41) is 15.1. The average Bonchev–Trinajstić information content (AvgIpc) is 2.59. The van der Waals surface area contributed by atoms with E-state index in [0.29, 0.717) is 16.5 Å². The van der Waals surface area contributed by atoms with Crippen LogP contribution in [0.5, 0.6) is 0 Å². The third kappa shape index (κ3) is 1.44. The lowest BCUT2D eigenvalue weighted by Crippen LogP contribution is -1.86. The number of nitrogens with one attached hydrogen (secondary N) is 1. The summed E-state index contributed by atoms with van der Waals surface area (Å²) in [6.45, 7) is 1.74. The Kier molecular flexibility index (Phi) is 2.12. The van der Waals surface area contributed by atoms with Gasteiger partial charge in [0.2, 0.25) is 0 Å². The molecule has 0 unspecified atom stereocenters. The Bertz CT molecular complexity index is 552. The van der Waals surface area contributed by atoms with E-state index in [0.717, 1.165) is 5.56 Å². The molecule has 0 bridgehead atoms. The highest BCUT2D eigenvalue weighted by Gasteiger charge is 2.15. The zero-order valence-electron chi connectivity index (χ0n) is 7.88. The predicted molar refractivity (Wildman–Crippen MR) is 50.5 cm³/mol. The van der Waals surface area contributed by atoms with Gasteiger partial charge in [0.25, 0.3) is 6.43 Å². The first-order valence-electron chi connectivity index (χ1n) is 4.30. The summed E-state index contributed by atoms with van der Waals surface area (Å²) in [6.07, 6.45) is -2.61. The van der Waals surface area contributed by atoms with E-state index in [1.165, 1.54) is 6.07 Å².